The van der Waals surface area contributed by atoms with Gasteiger partial charge in [0.25, 0.3) is 0 Å². The minimum atomic E-state index is -0.707. The second kappa shape index (κ2) is 6.50. The maximum Gasteiger partial charge on any atom is 0.315 e. The zero-order valence-corrected chi connectivity index (χ0v) is 11.0. The topological polar surface area (TPSA) is 109 Å². The van der Waals surface area contributed by atoms with Gasteiger partial charge in [0.05, 0.1) is 18.2 Å². The van der Waals surface area contributed by atoms with Gasteiger partial charge in [0.15, 0.2) is 10.9 Å². The zero-order chi connectivity index (χ0) is 14.4. The predicted molar refractivity (Wildman–Crippen MR) is 73.7 cm³/mol. The van der Waals surface area contributed by atoms with Crippen LogP contribution in [0.1, 0.15) is 5.56 Å². The van der Waals surface area contributed by atoms with E-state index in [0.29, 0.717) is 10.7 Å². The molecule has 0 spiro atoms. The lowest BCUT2D eigenvalue weighted by molar-refractivity contribution is -0.386. The summed E-state index contributed by atoms with van der Waals surface area (Å²) in [6.45, 7) is 0. The van der Waals surface area contributed by atoms with Crippen LogP contribution in [0.4, 0.5) is 5.69 Å². The molecule has 0 aliphatic carbocycles. The molecule has 1 aromatic carbocycles. The molecule has 0 aliphatic heterocycles. The van der Waals surface area contributed by atoms with Gasteiger partial charge in [0.2, 0.25) is 5.75 Å². The fourth-order valence-electron chi connectivity index (χ4n) is 1.20. The molecular weight excluding hydrogens is 272 g/mol. The second-order valence-electron chi connectivity index (χ2n) is 3.30. The van der Waals surface area contributed by atoms with Gasteiger partial charge in [-0.2, -0.15) is 5.10 Å². The number of ether oxygens (including phenoxy) is 1. The number of aromatic hydroxyl groups is 1. The summed E-state index contributed by atoms with van der Waals surface area (Å²) >= 11 is 4.80. The Labute approximate surface area is 114 Å². The molecule has 102 valence electrons. The first-order valence-corrected chi connectivity index (χ1v) is 5.46. The lowest BCUT2D eigenvalue weighted by atomic mass is 10.2. The summed E-state index contributed by atoms with van der Waals surface area (Å²) in [5.41, 5.74) is 2.42. The normalized spacial score (nSPS) is 10.2. The van der Waals surface area contributed by atoms with E-state index in [1.54, 1.807) is 7.05 Å². The summed E-state index contributed by atoms with van der Waals surface area (Å²) < 4.78 is 4.85. The molecule has 0 heterocycles. The van der Waals surface area contributed by atoms with Crippen molar-refractivity contribution >= 4 is 29.2 Å². The maximum absolute atomic E-state index is 10.8. The van der Waals surface area contributed by atoms with Crippen LogP contribution in [-0.4, -0.2) is 35.5 Å². The molecule has 8 nitrogen and oxygen atoms in total. The first-order chi connectivity index (χ1) is 8.99. The molecule has 1 rings (SSSR count). The minimum Gasteiger partial charge on any atom is -0.500 e. The summed E-state index contributed by atoms with van der Waals surface area (Å²) in [6, 6.07) is 2.58. The van der Waals surface area contributed by atoms with Crippen molar-refractivity contribution in [3.05, 3.63) is 27.8 Å². The number of phenols is 1. The van der Waals surface area contributed by atoms with Crippen LogP contribution >= 0.6 is 12.2 Å². The van der Waals surface area contributed by atoms with Gasteiger partial charge in [0.1, 0.15) is 0 Å². The fourth-order valence-corrected chi connectivity index (χ4v) is 1.26. The number of thiocarbonyl (C=S) groups is 1. The van der Waals surface area contributed by atoms with Gasteiger partial charge in [-0.15, -0.1) is 0 Å². The van der Waals surface area contributed by atoms with Crippen LogP contribution in [0.25, 0.3) is 0 Å². The summed E-state index contributed by atoms with van der Waals surface area (Å²) in [5, 5.41) is 27.1. The number of hydrogen-bond acceptors (Lipinski definition) is 6. The van der Waals surface area contributed by atoms with Crippen molar-refractivity contribution in [2.24, 2.45) is 5.10 Å². The van der Waals surface area contributed by atoms with E-state index in [0.717, 1.165) is 0 Å². The molecular formula is C10H12N4O4S. The van der Waals surface area contributed by atoms with Gasteiger partial charge in [-0.3, -0.25) is 15.5 Å². The van der Waals surface area contributed by atoms with Gasteiger partial charge in [-0.05, 0) is 18.3 Å². The second-order valence-corrected chi connectivity index (χ2v) is 3.71. The first-order valence-electron chi connectivity index (χ1n) is 5.05. The molecule has 0 saturated carbocycles. The number of nitro groups is 1. The van der Waals surface area contributed by atoms with Crippen molar-refractivity contribution in [2.45, 2.75) is 0 Å². The van der Waals surface area contributed by atoms with Crippen LogP contribution in [0, 0.1) is 10.1 Å². The molecule has 9 heteroatoms. The molecule has 0 unspecified atom stereocenters. The van der Waals surface area contributed by atoms with E-state index in [1.807, 2.05) is 0 Å². The Balaban J connectivity index is 3.05. The van der Waals surface area contributed by atoms with Crippen LogP contribution in [-0.2, 0) is 0 Å². The highest BCUT2D eigenvalue weighted by Crippen LogP contribution is 2.36. The van der Waals surface area contributed by atoms with Crippen molar-refractivity contribution in [2.75, 3.05) is 14.2 Å². The van der Waals surface area contributed by atoms with Crippen molar-refractivity contribution < 1.29 is 14.8 Å². The molecule has 19 heavy (non-hydrogen) atoms. The van der Waals surface area contributed by atoms with E-state index < -0.39 is 16.4 Å². The van der Waals surface area contributed by atoms with E-state index in [1.165, 1.54) is 25.5 Å². The number of benzene rings is 1. The van der Waals surface area contributed by atoms with E-state index in [9.17, 15) is 15.2 Å². The third-order valence-electron chi connectivity index (χ3n) is 2.10. The van der Waals surface area contributed by atoms with Crippen LogP contribution in [0.5, 0.6) is 11.5 Å². The van der Waals surface area contributed by atoms with E-state index in [-0.39, 0.29) is 5.75 Å². The smallest absolute Gasteiger partial charge is 0.315 e. The van der Waals surface area contributed by atoms with Gasteiger partial charge in [0, 0.05) is 18.7 Å². The van der Waals surface area contributed by atoms with Gasteiger partial charge in [-0.25, -0.2) is 0 Å². The number of phenolic OH excluding ortho intramolecular Hbond substituents is 1. The summed E-state index contributed by atoms with van der Waals surface area (Å²) in [5.74, 6) is -0.532. The SMILES string of the molecule is CNC(=S)NN=Cc1cc(OC)c(O)c([N+](=O)[O-])c1. The maximum atomic E-state index is 10.8. The minimum absolute atomic E-state index is 0.00755. The Bertz CT molecular complexity index is 533. The van der Waals surface area contributed by atoms with Crippen LogP contribution in [0.2, 0.25) is 0 Å². The Morgan fingerprint density at radius 3 is 2.84 bits per heavy atom. The van der Waals surface area contributed by atoms with Gasteiger partial charge in [-0.1, -0.05) is 0 Å². The lowest BCUT2D eigenvalue weighted by Crippen LogP contribution is -2.28. The lowest BCUT2D eigenvalue weighted by Gasteiger charge is -2.05. The highest BCUT2D eigenvalue weighted by molar-refractivity contribution is 7.80. The van der Waals surface area contributed by atoms with E-state index in [2.05, 4.69) is 15.8 Å². The average Bonchev–Trinajstić information content (AvgIpc) is 2.39. The third-order valence-corrected chi connectivity index (χ3v) is 2.40. The van der Waals surface area contributed by atoms with Gasteiger partial charge >= 0.3 is 5.69 Å². The molecule has 3 N–H and O–H groups in total. The Morgan fingerprint density at radius 2 is 2.32 bits per heavy atom. The molecule has 1 aromatic rings. The molecule has 0 aromatic heterocycles. The van der Waals surface area contributed by atoms with Crippen molar-refractivity contribution in [1.82, 2.24) is 10.7 Å². The highest BCUT2D eigenvalue weighted by Gasteiger charge is 2.19. The fraction of sp³-hybridized carbons (Fsp3) is 0.200. The highest BCUT2D eigenvalue weighted by atomic mass is 32.1. The largest absolute Gasteiger partial charge is 0.500 e. The van der Waals surface area contributed by atoms with Crippen molar-refractivity contribution in [3.63, 3.8) is 0 Å². The number of nitrogens with one attached hydrogen (secondary N) is 2. The molecule has 0 saturated heterocycles. The van der Waals surface area contributed by atoms with E-state index >= 15 is 0 Å². The van der Waals surface area contributed by atoms with Crippen molar-refractivity contribution in [1.29, 1.82) is 0 Å². The number of hydrazone groups is 1. The molecule has 0 atom stereocenters. The number of nitro benzene ring substituents is 1. The zero-order valence-electron chi connectivity index (χ0n) is 10.2. The Kier molecular flexibility index (Phi) is 5.01. The van der Waals surface area contributed by atoms with Crippen LogP contribution in [0.15, 0.2) is 17.2 Å². The van der Waals surface area contributed by atoms with Crippen LogP contribution in [0.3, 0.4) is 0 Å². The number of rotatable bonds is 4. The van der Waals surface area contributed by atoms with Crippen molar-refractivity contribution in [3.8, 4) is 11.5 Å². The standard InChI is InChI=1S/C10H12N4O4S/c1-11-10(19)13-12-5-6-3-7(14(16)17)9(15)8(4-6)18-2/h3-5,15H,1-2H3,(H2,11,13,19). The molecule has 0 bridgehead atoms. The molecule has 0 amide bonds. The Morgan fingerprint density at radius 1 is 1.63 bits per heavy atom. The van der Waals surface area contributed by atoms with Crippen LogP contribution < -0.4 is 15.5 Å². The average molecular weight is 284 g/mol. The number of methoxy groups -OCH3 is 1. The van der Waals surface area contributed by atoms with Gasteiger partial charge < -0.3 is 15.2 Å². The number of nitrogens with zero attached hydrogens (tertiary/aromatic N) is 2. The number of hydrogen-bond donors (Lipinski definition) is 3. The molecule has 0 fully saturated rings. The molecule has 0 aliphatic rings. The summed E-state index contributed by atoms with van der Waals surface area (Å²) in [6.07, 6.45) is 1.32. The predicted octanol–water partition coefficient (Wildman–Crippen LogP) is 0.737. The summed E-state index contributed by atoms with van der Waals surface area (Å²) in [7, 11) is 2.92. The monoisotopic (exact) mass is 284 g/mol. The quantitative estimate of drug-likeness (QED) is 0.324. The Hall–Kier alpha value is -2.42. The first kappa shape index (κ1) is 14.6. The van der Waals surface area contributed by atoms with E-state index in [4.69, 9.17) is 17.0 Å². The summed E-state index contributed by atoms with van der Waals surface area (Å²) in [4.78, 5) is 10.1. The third kappa shape index (κ3) is 3.78. The molecule has 0 radical (unpaired) electrons.